The summed E-state index contributed by atoms with van der Waals surface area (Å²) in [5, 5.41) is 0. The molecule has 0 amide bonds. The van der Waals surface area contributed by atoms with Crippen molar-refractivity contribution in [3.05, 3.63) is 32.6 Å². The summed E-state index contributed by atoms with van der Waals surface area (Å²) in [7, 11) is 1.55. The summed E-state index contributed by atoms with van der Waals surface area (Å²) in [6.07, 6.45) is 7.45. The van der Waals surface area contributed by atoms with Gasteiger partial charge >= 0.3 is 5.69 Å². The van der Waals surface area contributed by atoms with Crippen LogP contribution in [0.15, 0.2) is 15.8 Å². The highest BCUT2D eigenvalue weighted by Crippen LogP contribution is 2.26. The Morgan fingerprint density at radius 2 is 1.81 bits per heavy atom. The van der Waals surface area contributed by atoms with Crippen LogP contribution in [-0.2, 0) is 7.05 Å². The molecule has 16 heavy (non-hydrogen) atoms. The molecule has 0 spiro atoms. The van der Waals surface area contributed by atoms with Gasteiger partial charge in [0.2, 0.25) is 0 Å². The monoisotopic (exact) mass is 222 g/mol. The summed E-state index contributed by atoms with van der Waals surface area (Å²) in [5.74, 6) is 0. The van der Waals surface area contributed by atoms with E-state index < -0.39 is 0 Å². The van der Waals surface area contributed by atoms with Gasteiger partial charge in [-0.25, -0.2) is 4.79 Å². The predicted molar refractivity (Wildman–Crippen MR) is 62.8 cm³/mol. The van der Waals surface area contributed by atoms with Gasteiger partial charge in [0.25, 0.3) is 5.56 Å². The van der Waals surface area contributed by atoms with Crippen LogP contribution in [0, 0.1) is 6.92 Å². The fourth-order valence-corrected chi connectivity index (χ4v) is 2.46. The lowest BCUT2D eigenvalue weighted by atomic mass is 9.95. The SMILES string of the molecule is Cc1cn(C2CCCCC2)c(=O)n(C)c1=O. The van der Waals surface area contributed by atoms with Gasteiger partial charge in [0, 0.05) is 24.8 Å². The first-order valence-electron chi connectivity index (χ1n) is 5.90. The summed E-state index contributed by atoms with van der Waals surface area (Å²) in [6.45, 7) is 1.76. The predicted octanol–water partition coefficient (Wildman–Crippen LogP) is 1.36. The quantitative estimate of drug-likeness (QED) is 0.720. The minimum Gasteiger partial charge on any atom is -0.297 e. The fourth-order valence-electron chi connectivity index (χ4n) is 2.46. The normalized spacial score (nSPS) is 17.6. The molecule has 0 bridgehead atoms. The van der Waals surface area contributed by atoms with Gasteiger partial charge in [0.1, 0.15) is 0 Å². The van der Waals surface area contributed by atoms with E-state index in [1.54, 1.807) is 24.7 Å². The molecule has 1 saturated carbocycles. The van der Waals surface area contributed by atoms with Crippen molar-refractivity contribution in [2.75, 3.05) is 0 Å². The van der Waals surface area contributed by atoms with Crippen molar-refractivity contribution in [2.45, 2.75) is 45.1 Å². The van der Waals surface area contributed by atoms with Gasteiger partial charge in [0.05, 0.1) is 0 Å². The lowest BCUT2D eigenvalue weighted by Crippen LogP contribution is -2.40. The first kappa shape index (κ1) is 11.2. The topological polar surface area (TPSA) is 44.0 Å². The number of hydrogen-bond acceptors (Lipinski definition) is 2. The highest BCUT2D eigenvalue weighted by molar-refractivity contribution is 5.03. The fraction of sp³-hybridized carbons (Fsp3) is 0.667. The van der Waals surface area contributed by atoms with Crippen LogP contribution in [-0.4, -0.2) is 9.13 Å². The zero-order chi connectivity index (χ0) is 11.7. The molecule has 0 N–H and O–H groups in total. The van der Waals surface area contributed by atoms with Gasteiger partial charge in [-0.1, -0.05) is 19.3 Å². The average Bonchev–Trinajstić information content (AvgIpc) is 2.32. The van der Waals surface area contributed by atoms with Crippen molar-refractivity contribution in [1.29, 1.82) is 0 Å². The highest BCUT2D eigenvalue weighted by Gasteiger charge is 2.17. The van der Waals surface area contributed by atoms with Crippen molar-refractivity contribution < 1.29 is 0 Å². The van der Waals surface area contributed by atoms with Crippen molar-refractivity contribution in [3.63, 3.8) is 0 Å². The van der Waals surface area contributed by atoms with Gasteiger partial charge in [-0.2, -0.15) is 0 Å². The third-order valence-corrected chi connectivity index (χ3v) is 3.45. The lowest BCUT2D eigenvalue weighted by molar-refractivity contribution is 0.336. The maximum Gasteiger partial charge on any atom is 0.330 e. The van der Waals surface area contributed by atoms with Gasteiger partial charge < -0.3 is 0 Å². The second-order valence-corrected chi connectivity index (χ2v) is 4.66. The number of aryl methyl sites for hydroxylation is 1. The van der Waals surface area contributed by atoms with Gasteiger partial charge in [-0.3, -0.25) is 13.9 Å². The van der Waals surface area contributed by atoms with Crippen LogP contribution < -0.4 is 11.2 Å². The van der Waals surface area contributed by atoms with E-state index in [2.05, 4.69) is 0 Å². The van der Waals surface area contributed by atoms with Crippen LogP contribution in [0.5, 0.6) is 0 Å². The van der Waals surface area contributed by atoms with Gasteiger partial charge in [0.15, 0.2) is 0 Å². The van der Waals surface area contributed by atoms with Crippen LogP contribution in [0.2, 0.25) is 0 Å². The second kappa shape index (κ2) is 4.28. The Morgan fingerprint density at radius 1 is 1.19 bits per heavy atom. The Morgan fingerprint density at radius 3 is 2.44 bits per heavy atom. The van der Waals surface area contributed by atoms with E-state index in [-0.39, 0.29) is 17.3 Å². The summed E-state index contributed by atoms with van der Waals surface area (Å²) >= 11 is 0. The molecule has 1 fully saturated rings. The van der Waals surface area contributed by atoms with E-state index in [1.807, 2.05) is 0 Å². The molecular weight excluding hydrogens is 204 g/mol. The van der Waals surface area contributed by atoms with Crippen LogP contribution in [0.25, 0.3) is 0 Å². The molecule has 1 aliphatic rings. The zero-order valence-electron chi connectivity index (χ0n) is 9.90. The maximum absolute atomic E-state index is 12.0. The number of hydrogen-bond donors (Lipinski definition) is 0. The van der Waals surface area contributed by atoms with Crippen LogP contribution in [0.3, 0.4) is 0 Å². The van der Waals surface area contributed by atoms with Crippen molar-refractivity contribution in [3.8, 4) is 0 Å². The van der Waals surface area contributed by atoms with Crippen molar-refractivity contribution in [2.24, 2.45) is 7.05 Å². The molecule has 1 aromatic heterocycles. The highest BCUT2D eigenvalue weighted by atomic mass is 16.2. The third kappa shape index (κ3) is 1.84. The first-order chi connectivity index (χ1) is 7.61. The molecule has 0 saturated heterocycles. The zero-order valence-corrected chi connectivity index (χ0v) is 9.90. The maximum atomic E-state index is 12.0. The molecule has 0 unspecified atom stereocenters. The van der Waals surface area contributed by atoms with E-state index in [4.69, 9.17) is 0 Å². The molecule has 4 heteroatoms. The van der Waals surface area contributed by atoms with E-state index in [1.165, 1.54) is 23.8 Å². The van der Waals surface area contributed by atoms with E-state index in [0.717, 1.165) is 12.8 Å². The Bertz CT molecular complexity index is 493. The summed E-state index contributed by atoms with van der Waals surface area (Å²) in [6, 6.07) is 0.284. The number of nitrogens with zero attached hydrogens (tertiary/aromatic N) is 2. The third-order valence-electron chi connectivity index (χ3n) is 3.45. The average molecular weight is 222 g/mol. The smallest absolute Gasteiger partial charge is 0.297 e. The molecule has 0 aliphatic heterocycles. The molecule has 0 radical (unpaired) electrons. The van der Waals surface area contributed by atoms with E-state index >= 15 is 0 Å². The van der Waals surface area contributed by atoms with Crippen molar-refractivity contribution in [1.82, 2.24) is 9.13 Å². The summed E-state index contributed by atoms with van der Waals surface area (Å²) in [5.41, 5.74) is 0.284. The Balaban J connectivity index is 2.48. The summed E-state index contributed by atoms with van der Waals surface area (Å²) < 4.78 is 2.96. The second-order valence-electron chi connectivity index (χ2n) is 4.66. The number of rotatable bonds is 1. The minimum absolute atomic E-state index is 0.178. The molecule has 88 valence electrons. The standard InChI is InChI=1S/C12H18N2O2/c1-9-8-14(10-6-4-3-5-7-10)12(16)13(2)11(9)15/h8,10H,3-7H2,1-2H3. The largest absolute Gasteiger partial charge is 0.330 e. The molecule has 0 aromatic carbocycles. The Labute approximate surface area is 94.5 Å². The molecular formula is C12H18N2O2. The molecule has 4 nitrogen and oxygen atoms in total. The molecule has 1 heterocycles. The first-order valence-corrected chi connectivity index (χ1v) is 5.90. The molecule has 1 aromatic rings. The van der Waals surface area contributed by atoms with E-state index in [0.29, 0.717) is 5.56 Å². The minimum atomic E-state index is -0.183. The Kier molecular flexibility index (Phi) is 2.99. The number of aromatic nitrogens is 2. The Hall–Kier alpha value is -1.32. The molecule has 0 atom stereocenters. The van der Waals surface area contributed by atoms with Gasteiger partial charge in [-0.05, 0) is 19.8 Å². The van der Waals surface area contributed by atoms with Gasteiger partial charge in [-0.15, -0.1) is 0 Å². The van der Waals surface area contributed by atoms with Crippen molar-refractivity contribution >= 4 is 0 Å². The lowest BCUT2D eigenvalue weighted by Gasteiger charge is -2.24. The van der Waals surface area contributed by atoms with Crippen LogP contribution >= 0.6 is 0 Å². The summed E-state index contributed by atoms with van der Waals surface area (Å²) in [4.78, 5) is 23.5. The van der Waals surface area contributed by atoms with Crippen LogP contribution in [0.4, 0.5) is 0 Å². The molecule has 1 aliphatic carbocycles. The van der Waals surface area contributed by atoms with E-state index in [9.17, 15) is 9.59 Å². The van der Waals surface area contributed by atoms with Crippen LogP contribution in [0.1, 0.15) is 43.7 Å². The molecule has 2 rings (SSSR count).